The number of hydrogen-bond donors (Lipinski definition) is 2. The molecule has 1 unspecified atom stereocenters. The molecular formula is C36H47FO7S3. The van der Waals surface area contributed by atoms with Crippen LogP contribution in [0.3, 0.4) is 0 Å². The van der Waals surface area contributed by atoms with Gasteiger partial charge >= 0.3 is 11.9 Å². The predicted octanol–water partition coefficient (Wildman–Crippen LogP) is 7.58. The molecule has 0 aliphatic heterocycles. The van der Waals surface area contributed by atoms with E-state index in [9.17, 15) is 14.0 Å². The van der Waals surface area contributed by atoms with Gasteiger partial charge in [0.1, 0.15) is 19.0 Å². The van der Waals surface area contributed by atoms with E-state index in [0.29, 0.717) is 44.7 Å². The van der Waals surface area contributed by atoms with Crippen LogP contribution in [0.25, 0.3) is 17.2 Å². The fraction of sp³-hybridized carbons (Fsp3) is 0.500. The molecule has 0 fully saturated rings. The molecule has 0 amide bonds. The largest absolute Gasteiger partial charge is 0.463 e. The van der Waals surface area contributed by atoms with Gasteiger partial charge in [0.25, 0.3) is 0 Å². The third-order valence-corrected chi connectivity index (χ3v) is 9.08. The summed E-state index contributed by atoms with van der Waals surface area (Å²) < 4.78 is 41.2. The monoisotopic (exact) mass is 706 g/mol. The third kappa shape index (κ3) is 14.4. The van der Waals surface area contributed by atoms with Crippen molar-refractivity contribution in [3.63, 3.8) is 0 Å². The first-order valence-corrected chi connectivity index (χ1v) is 18.4. The summed E-state index contributed by atoms with van der Waals surface area (Å²) in [5, 5.41) is 0.339. The fourth-order valence-corrected chi connectivity index (χ4v) is 6.26. The van der Waals surface area contributed by atoms with Crippen LogP contribution in [0.15, 0.2) is 52.9 Å². The number of halogens is 1. The Morgan fingerprint density at radius 2 is 1.45 bits per heavy atom. The van der Waals surface area contributed by atoms with Crippen LogP contribution < -0.4 is 0 Å². The minimum Gasteiger partial charge on any atom is -0.463 e. The number of fused-ring (bicyclic) bond motifs is 1. The topological polar surface area (TPSA) is 80.3 Å². The summed E-state index contributed by atoms with van der Waals surface area (Å²) in [5.41, 5.74) is 5.34. The summed E-state index contributed by atoms with van der Waals surface area (Å²) in [5.74, 6) is -0.126. The van der Waals surface area contributed by atoms with Gasteiger partial charge in [-0.15, -0.1) is 11.8 Å². The van der Waals surface area contributed by atoms with E-state index < -0.39 is 5.97 Å². The molecule has 0 heterocycles. The van der Waals surface area contributed by atoms with Gasteiger partial charge in [-0.2, -0.15) is 25.3 Å². The number of carbonyl (C=O) groups excluding carboxylic acids is 2. The molecule has 1 aliphatic carbocycles. The molecule has 47 heavy (non-hydrogen) atoms. The van der Waals surface area contributed by atoms with Crippen molar-refractivity contribution in [3.05, 3.63) is 70.5 Å². The fourth-order valence-electron chi connectivity index (χ4n) is 5.03. The van der Waals surface area contributed by atoms with Gasteiger partial charge in [0.15, 0.2) is 0 Å². The molecule has 3 rings (SSSR count). The molecule has 0 bridgehead atoms. The van der Waals surface area contributed by atoms with Gasteiger partial charge < -0.3 is 23.7 Å². The summed E-state index contributed by atoms with van der Waals surface area (Å²) in [6.45, 7) is 4.34. The first kappa shape index (κ1) is 39.2. The number of rotatable bonds is 23. The average Bonchev–Trinajstić information content (AvgIpc) is 3.30. The molecule has 1 atom stereocenters. The molecule has 0 saturated carbocycles. The third-order valence-electron chi connectivity index (χ3n) is 7.56. The van der Waals surface area contributed by atoms with E-state index in [1.54, 1.807) is 17.8 Å². The molecule has 0 aromatic heterocycles. The van der Waals surface area contributed by atoms with Crippen LogP contribution in [-0.2, 0) is 33.3 Å². The maximum Gasteiger partial charge on any atom is 0.310 e. The highest BCUT2D eigenvalue weighted by molar-refractivity contribution is 7.98. The number of thiol groups is 2. The van der Waals surface area contributed by atoms with E-state index in [1.807, 2.05) is 13.2 Å². The summed E-state index contributed by atoms with van der Waals surface area (Å²) in [6.07, 6.45) is 8.25. The molecule has 11 heteroatoms. The van der Waals surface area contributed by atoms with Gasteiger partial charge in [0, 0.05) is 16.6 Å². The smallest absolute Gasteiger partial charge is 0.310 e. The number of benzene rings is 2. The zero-order valence-corrected chi connectivity index (χ0v) is 29.9. The molecule has 258 valence electrons. The van der Waals surface area contributed by atoms with Gasteiger partial charge in [-0.1, -0.05) is 24.6 Å². The number of ether oxygens (including phenoxy) is 5. The lowest BCUT2D eigenvalue weighted by molar-refractivity contribution is -0.145. The van der Waals surface area contributed by atoms with E-state index in [4.69, 9.17) is 23.7 Å². The van der Waals surface area contributed by atoms with Crippen LogP contribution in [-0.4, -0.2) is 82.1 Å². The van der Waals surface area contributed by atoms with Crippen molar-refractivity contribution in [2.45, 2.75) is 55.6 Å². The highest BCUT2D eigenvalue weighted by Crippen LogP contribution is 2.44. The molecule has 0 saturated heterocycles. The first-order chi connectivity index (χ1) is 22.8. The Hall–Kier alpha value is -2.28. The van der Waals surface area contributed by atoms with Crippen molar-refractivity contribution in [2.24, 2.45) is 0 Å². The van der Waals surface area contributed by atoms with E-state index >= 15 is 0 Å². The lowest BCUT2D eigenvalue weighted by atomic mass is 10.0. The number of thioether (sulfide) groups is 1. The van der Waals surface area contributed by atoms with Gasteiger partial charge in [-0.3, -0.25) is 9.59 Å². The quantitative estimate of drug-likeness (QED) is 0.0530. The van der Waals surface area contributed by atoms with E-state index in [-0.39, 0.29) is 38.0 Å². The lowest BCUT2D eigenvalue weighted by Gasteiger charge is -2.09. The minimum atomic E-state index is -0.394. The SMILES string of the molecule is CSc1ccc(/C=C2/C(C)=C(CC(=O)OCCOCCOCCOCCOC(=O)CCCCC(S)CCS)c3cc(F)ccc32)cc1. The Bertz CT molecular complexity index is 1330. The normalized spacial score (nSPS) is 14.0. The van der Waals surface area contributed by atoms with E-state index in [1.165, 1.54) is 17.0 Å². The highest BCUT2D eigenvalue weighted by atomic mass is 32.2. The Morgan fingerprint density at radius 1 is 0.830 bits per heavy atom. The van der Waals surface area contributed by atoms with E-state index in [2.05, 4.69) is 55.6 Å². The maximum atomic E-state index is 14.2. The number of esters is 2. The summed E-state index contributed by atoms with van der Waals surface area (Å²) in [4.78, 5) is 25.6. The van der Waals surface area contributed by atoms with Crippen molar-refractivity contribution in [2.75, 3.05) is 64.9 Å². The Balaban J connectivity index is 1.24. The molecule has 2 aromatic carbocycles. The van der Waals surface area contributed by atoms with Crippen molar-refractivity contribution >= 4 is 66.2 Å². The second-order valence-electron chi connectivity index (χ2n) is 11.0. The van der Waals surface area contributed by atoms with Crippen LogP contribution in [0.2, 0.25) is 0 Å². The first-order valence-electron chi connectivity index (χ1n) is 16.0. The summed E-state index contributed by atoms with van der Waals surface area (Å²) >= 11 is 10.4. The van der Waals surface area contributed by atoms with Crippen molar-refractivity contribution in [1.82, 2.24) is 0 Å². The highest BCUT2D eigenvalue weighted by Gasteiger charge is 2.26. The van der Waals surface area contributed by atoms with Crippen molar-refractivity contribution in [1.29, 1.82) is 0 Å². The molecule has 1 aliphatic rings. The molecule has 0 spiro atoms. The molecule has 7 nitrogen and oxygen atoms in total. The minimum absolute atomic E-state index is 0.0428. The van der Waals surface area contributed by atoms with Crippen LogP contribution in [0.1, 0.15) is 62.1 Å². The second kappa shape index (κ2) is 22.4. The van der Waals surface area contributed by atoms with Gasteiger partial charge in [-0.25, -0.2) is 4.39 Å². The van der Waals surface area contributed by atoms with Gasteiger partial charge in [0.2, 0.25) is 0 Å². The number of hydrogen-bond acceptors (Lipinski definition) is 10. The predicted molar refractivity (Wildman–Crippen MR) is 194 cm³/mol. The molecule has 2 aromatic rings. The van der Waals surface area contributed by atoms with Crippen LogP contribution in [0, 0.1) is 5.82 Å². The Labute approximate surface area is 293 Å². The number of carbonyl (C=O) groups is 2. The zero-order chi connectivity index (χ0) is 33.9. The van der Waals surface area contributed by atoms with Crippen molar-refractivity contribution < 1.29 is 37.7 Å². The number of allylic oxidation sites excluding steroid dienone is 2. The maximum absolute atomic E-state index is 14.2. The van der Waals surface area contributed by atoms with Crippen LogP contribution in [0.4, 0.5) is 4.39 Å². The molecule has 0 N–H and O–H groups in total. The summed E-state index contributed by atoms with van der Waals surface area (Å²) in [7, 11) is 0. The van der Waals surface area contributed by atoms with Crippen LogP contribution >= 0.6 is 37.0 Å². The summed E-state index contributed by atoms with van der Waals surface area (Å²) in [6, 6.07) is 12.9. The molecule has 0 radical (unpaired) electrons. The standard InChI is InChI=1S/C36H47FO7S3/c1-26-32(23-27-7-10-30(47-2)11-8-27)31-12-9-28(37)24-34(31)33(26)25-36(39)44-21-19-42-17-15-40-14-16-41-18-20-43-35(38)6-4-3-5-29(46)13-22-45/h7-12,23-24,29,45-46H,3-6,13-22,25H2,1-2H3/b32-23-. The Morgan fingerprint density at radius 3 is 2.06 bits per heavy atom. The second-order valence-corrected chi connectivity index (χ2v) is 13.0. The zero-order valence-electron chi connectivity index (χ0n) is 27.3. The van der Waals surface area contributed by atoms with Crippen LogP contribution in [0.5, 0.6) is 0 Å². The van der Waals surface area contributed by atoms with Crippen molar-refractivity contribution in [3.8, 4) is 0 Å². The number of unbranched alkanes of at least 4 members (excludes halogenated alkanes) is 1. The molecular weight excluding hydrogens is 660 g/mol. The lowest BCUT2D eigenvalue weighted by Crippen LogP contribution is -2.15. The van der Waals surface area contributed by atoms with Gasteiger partial charge in [0.05, 0.1) is 46.1 Å². The average molecular weight is 707 g/mol. The van der Waals surface area contributed by atoms with E-state index in [0.717, 1.165) is 64.8 Å². The van der Waals surface area contributed by atoms with Gasteiger partial charge in [-0.05, 0) is 102 Å². The Kier molecular flexibility index (Phi) is 18.6.